The highest BCUT2D eigenvalue weighted by molar-refractivity contribution is 7.19. The molecule has 0 atom stereocenters. The molecule has 1 aromatic carbocycles. The average Bonchev–Trinajstić information content (AvgIpc) is 3.05. The Bertz CT molecular complexity index is 815. The maximum absolute atomic E-state index is 6.04. The van der Waals surface area contributed by atoms with Crippen molar-refractivity contribution in [2.75, 3.05) is 18.2 Å². The number of aryl methyl sites for hydroxylation is 1. The molecule has 3 aromatic rings. The summed E-state index contributed by atoms with van der Waals surface area (Å²) in [4.78, 5) is 9.83. The molecule has 5 nitrogen and oxygen atoms in total. The van der Waals surface area contributed by atoms with Crippen molar-refractivity contribution in [3.63, 3.8) is 0 Å². The highest BCUT2D eigenvalue weighted by Crippen LogP contribution is 2.37. The molecule has 2 aromatic heterocycles. The van der Waals surface area contributed by atoms with Crippen molar-refractivity contribution in [2.45, 2.75) is 6.92 Å². The number of aromatic nitrogens is 2. The fourth-order valence-corrected chi connectivity index (χ4v) is 3.71. The van der Waals surface area contributed by atoms with E-state index in [4.69, 9.17) is 22.1 Å². The second-order valence-corrected chi connectivity index (χ2v) is 6.80. The Balaban J connectivity index is 1.93. The van der Waals surface area contributed by atoms with Gasteiger partial charge in [0.1, 0.15) is 5.75 Å². The summed E-state index contributed by atoms with van der Waals surface area (Å²) in [5.41, 5.74) is 8.22. The van der Waals surface area contributed by atoms with Gasteiger partial charge in [0.2, 0.25) is 0 Å². The lowest BCUT2D eigenvalue weighted by molar-refractivity contribution is 0.417. The SMILES string of the molecule is COc1ccc(Cl)cc1Nc1nc(C)c(-c2csc(N)n2)s1. The van der Waals surface area contributed by atoms with Crippen LogP contribution in [0.4, 0.5) is 16.0 Å². The lowest BCUT2D eigenvalue weighted by Crippen LogP contribution is -1.94. The third-order valence-corrected chi connectivity index (χ3v) is 4.96. The Hall–Kier alpha value is -1.83. The molecule has 0 fully saturated rings. The second-order valence-electron chi connectivity index (χ2n) is 4.47. The van der Waals surface area contributed by atoms with E-state index in [1.165, 1.54) is 22.7 Å². The Labute approximate surface area is 140 Å². The summed E-state index contributed by atoms with van der Waals surface area (Å²) < 4.78 is 5.33. The molecule has 0 saturated carbocycles. The van der Waals surface area contributed by atoms with Crippen LogP contribution in [0.3, 0.4) is 0 Å². The number of thiazole rings is 2. The number of methoxy groups -OCH3 is 1. The van der Waals surface area contributed by atoms with Gasteiger partial charge in [0.15, 0.2) is 10.3 Å². The van der Waals surface area contributed by atoms with Gasteiger partial charge in [-0.3, -0.25) is 0 Å². The number of ether oxygens (including phenoxy) is 1. The molecule has 0 bridgehead atoms. The molecule has 0 saturated heterocycles. The van der Waals surface area contributed by atoms with Gasteiger partial charge < -0.3 is 15.8 Å². The van der Waals surface area contributed by atoms with Gasteiger partial charge in [-0.1, -0.05) is 22.9 Å². The zero-order chi connectivity index (χ0) is 15.7. The largest absolute Gasteiger partial charge is 0.495 e. The Morgan fingerprint density at radius 3 is 2.82 bits per heavy atom. The van der Waals surface area contributed by atoms with Crippen molar-refractivity contribution < 1.29 is 4.74 Å². The quantitative estimate of drug-likeness (QED) is 0.719. The van der Waals surface area contributed by atoms with Crippen LogP contribution < -0.4 is 15.8 Å². The second kappa shape index (κ2) is 6.12. The maximum Gasteiger partial charge on any atom is 0.188 e. The Kier molecular flexibility index (Phi) is 4.19. The van der Waals surface area contributed by atoms with Gasteiger partial charge >= 0.3 is 0 Å². The topological polar surface area (TPSA) is 73.1 Å². The van der Waals surface area contributed by atoms with Crippen molar-refractivity contribution in [2.24, 2.45) is 0 Å². The number of nitrogens with two attached hydrogens (primary N) is 1. The van der Waals surface area contributed by atoms with Gasteiger partial charge in [-0.05, 0) is 25.1 Å². The molecule has 3 N–H and O–H groups in total. The number of nitrogens with zero attached hydrogens (tertiary/aromatic N) is 2. The molecule has 0 aliphatic rings. The number of hydrogen-bond acceptors (Lipinski definition) is 7. The van der Waals surface area contributed by atoms with E-state index in [1.807, 2.05) is 18.4 Å². The number of nitrogen functional groups attached to an aromatic ring is 1. The molecule has 8 heteroatoms. The molecule has 0 radical (unpaired) electrons. The molecular formula is C14H13ClN4OS2. The summed E-state index contributed by atoms with van der Waals surface area (Å²) >= 11 is 8.97. The maximum atomic E-state index is 6.04. The van der Waals surface area contributed by atoms with Crippen molar-refractivity contribution in [3.8, 4) is 16.3 Å². The standard InChI is InChI=1S/C14H13ClN4OS2/c1-7-12(10-6-21-13(16)18-10)22-14(17-7)19-9-5-8(15)3-4-11(9)20-2/h3-6H,1-2H3,(H2,16,18)(H,17,19). The van der Waals surface area contributed by atoms with Crippen molar-refractivity contribution >= 4 is 50.2 Å². The highest BCUT2D eigenvalue weighted by Gasteiger charge is 2.14. The van der Waals surface area contributed by atoms with E-state index in [1.54, 1.807) is 19.2 Å². The van der Waals surface area contributed by atoms with Gasteiger partial charge in [-0.15, -0.1) is 11.3 Å². The first-order valence-electron chi connectivity index (χ1n) is 6.36. The van der Waals surface area contributed by atoms with E-state index in [-0.39, 0.29) is 0 Å². The van der Waals surface area contributed by atoms with Crippen LogP contribution in [0.25, 0.3) is 10.6 Å². The van der Waals surface area contributed by atoms with E-state index in [0.29, 0.717) is 15.9 Å². The molecule has 22 heavy (non-hydrogen) atoms. The minimum atomic E-state index is 0.550. The molecule has 0 amide bonds. The number of anilines is 3. The first-order chi connectivity index (χ1) is 10.6. The summed E-state index contributed by atoms with van der Waals surface area (Å²) in [7, 11) is 1.62. The molecule has 3 rings (SSSR count). The van der Waals surface area contributed by atoms with Crippen molar-refractivity contribution in [3.05, 3.63) is 34.3 Å². The average molecular weight is 353 g/mol. The Morgan fingerprint density at radius 2 is 2.14 bits per heavy atom. The van der Waals surface area contributed by atoms with E-state index in [2.05, 4.69) is 15.3 Å². The van der Waals surface area contributed by atoms with Gasteiger partial charge in [0.05, 0.1) is 29.1 Å². The van der Waals surface area contributed by atoms with Crippen LogP contribution in [-0.2, 0) is 0 Å². The van der Waals surface area contributed by atoms with Crippen molar-refractivity contribution in [1.29, 1.82) is 0 Å². The summed E-state index contributed by atoms with van der Waals surface area (Å²) in [5.74, 6) is 0.705. The first kappa shape index (κ1) is 15.1. The Morgan fingerprint density at radius 1 is 1.32 bits per heavy atom. The van der Waals surface area contributed by atoms with E-state index in [9.17, 15) is 0 Å². The smallest absolute Gasteiger partial charge is 0.188 e. The lowest BCUT2D eigenvalue weighted by atomic mass is 10.3. The lowest BCUT2D eigenvalue weighted by Gasteiger charge is -2.09. The fraction of sp³-hybridized carbons (Fsp3) is 0.143. The monoisotopic (exact) mass is 352 g/mol. The van der Waals surface area contributed by atoms with Gasteiger partial charge in [-0.2, -0.15) is 0 Å². The zero-order valence-corrected chi connectivity index (χ0v) is 14.3. The fourth-order valence-electron chi connectivity index (χ4n) is 1.97. The van der Waals surface area contributed by atoms with Crippen LogP contribution in [0.2, 0.25) is 5.02 Å². The minimum absolute atomic E-state index is 0.550. The molecule has 0 unspecified atom stereocenters. The summed E-state index contributed by atoms with van der Waals surface area (Å²) in [5, 5.41) is 7.10. The predicted molar refractivity (Wildman–Crippen MR) is 93.7 cm³/mol. The molecule has 0 spiro atoms. The number of hydrogen-bond donors (Lipinski definition) is 2. The van der Waals surface area contributed by atoms with Crippen LogP contribution in [0.5, 0.6) is 5.75 Å². The van der Waals surface area contributed by atoms with Crippen LogP contribution in [0, 0.1) is 6.92 Å². The van der Waals surface area contributed by atoms with Crippen LogP contribution in [-0.4, -0.2) is 17.1 Å². The number of nitrogens with one attached hydrogen (secondary N) is 1. The summed E-state index contributed by atoms with van der Waals surface area (Å²) in [6.45, 7) is 1.95. The van der Waals surface area contributed by atoms with Crippen LogP contribution in [0.15, 0.2) is 23.6 Å². The molecular weight excluding hydrogens is 340 g/mol. The van der Waals surface area contributed by atoms with E-state index in [0.717, 1.165) is 27.1 Å². The predicted octanol–water partition coefficient (Wildman–Crippen LogP) is 4.56. The first-order valence-corrected chi connectivity index (χ1v) is 8.43. The van der Waals surface area contributed by atoms with Gasteiger partial charge in [0, 0.05) is 10.4 Å². The minimum Gasteiger partial charge on any atom is -0.495 e. The highest BCUT2D eigenvalue weighted by atomic mass is 35.5. The normalized spacial score (nSPS) is 10.7. The third-order valence-electron chi connectivity index (χ3n) is 2.95. The van der Waals surface area contributed by atoms with Crippen LogP contribution in [0.1, 0.15) is 5.69 Å². The van der Waals surface area contributed by atoms with Gasteiger partial charge in [0.25, 0.3) is 0 Å². The molecule has 0 aliphatic carbocycles. The third kappa shape index (κ3) is 3.01. The number of halogens is 1. The number of benzene rings is 1. The zero-order valence-electron chi connectivity index (χ0n) is 11.9. The molecule has 2 heterocycles. The van der Waals surface area contributed by atoms with Crippen molar-refractivity contribution in [1.82, 2.24) is 9.97 Å². The van der Waals surface area contributed by atoms with Gasteiger partial charge in [-0.25, -0.2) is 9.97 Å². The molecule has 0 aliphatic heterocycles. The summed E-state index contributed by atoms with van der Waals surface area (Å²) in [6, 6.07) is 5.40. The van der Waals surface area contributed by atoms with Crippen LogP contribution >= 0.6 is 34.3 Å². The summed E-state index contributed by atoms with van der Waals surface area (Å²) in [6.07, 6.45) is 0. The van der Waals surface area contributed by atoms with E-state index >= 15 is 0 Å². The molecule has 114 valence electrons. The van der Waals surface area contributed by atoms with E-state index < -0.39 is 0 Å². The number of rotatable bonds is 4.